The van der Waals surface area contributed by atoms with Crippen molar-refractivity contribution in [2.45, 2.75) is 6.92 Å². The van der Waals surface area contributed by atoms with E-state index in [9.17, 15) is 14.4 Å². The van der Waals surface area contributed by atoms with Gasteiger partial charge in [-0.3, -0.25) is 19.8 Å². The van der Waals surface area contributed by atoms with Crippen molar-refractivity contribution < 1.29 is 23.9 Å². The van der Waals surface area contributed by atoms with Crippen LogP contribution in [-0.4, -0.2) is 40.3 Å². The number of hydrogen-bond donors (Lipinski definition) is 2. The van der Waals surface area contributed by atoms with Crippen molar-refractivity contribution in [1.82, 2.24) is 10.4 Å². The number of nitrogens with two attached hydrogens (primary N) is 1. The molecule has 3 rings (SSSR count). The Kier molecular flexibility index (Phi) is 7.73. The monoisotopic (exact) mass is 491 g/mol. The number of hydrazine groups is 1. The molecule has 3 N–H and O–H groups in total. The summed E-state index contributed by atoms with van der Waals surface area (Å²) in [5.41, 5.74) is 8.60. The second-order valence-electron chi connectivity index (χ2n) is 6.36. The lowest BCUT2D eigenvalue weighted by molar-refractivity contribution is -0.123. The SMILES string of the molecule is CCOc1cc(/C=C2\SC(=S)N(NC(=O)c3ccc(Cl)cc3)C2=O)ccc1OCC(N)=O. The fourth-order valence-corrected chi connectivity index (χ4v) is 3.94. The molecule has 0 spiro atoms. The van der Waals surface area contributed by atoms with Gasteiger partial charge in [0, 0.05) is 10.6 Å². The third-order valence-electron chi connectivity index (χ3n) is 4.05. The van der Waals surface area contributed by atoms with Gasteiger partial charge >= 0.3 is 0 Å². The number of thiocarbonyl (C=S) groups is 1. The molecule has 8 nitrogen and oxygen atoms in total. The molecule has 3 amide bonds. The first-order valence-corrected chi connectivity index (χ1v) is 10.9. The number of halogens is 1. The average Bonchev–Trinajstić information content (AvgIpc) is 3.01. The highest BCUT2D eigenvalue weighted by atomic mass is 35.5. The molecule has 0 aromatic heterocycles. The van der Waals surface area contributed by atoms with Crippen molar-refractivity contribution in [3.8, 4) is 11.5 Å². The van der Waals surface area contributed by atoms with E-state index < -0.39 is 17.7 Å². The molecule has 1 saturated heterocycles. The van der Waals surface area contributed by atoms with E-state index in [1.54, 1.807) is 55.5 Å². The first-order chi connectivity index (χ1) is 15.3. The molecular weight excluding hydrogens is 474 g/mol. The van der Waals surface area contributed by atoms with Crippen LogP contribution in [0, 0.1) is 0 Å². The summed E-state index contributed by atoms with van der Waals surface area (Å²) in [6.07, 6.45) is 1.62. The van der Waals surface area contributed by atoms with E-state index in [4.69, 9.17) is 39.0 Å². The molecule has 0 saturated carbocycles. The zero-order valence-electron chi connectivity index (χ0n) is 16.8. The predicted octanol–water partition coefficient (Wildman–Crippen LogP) is 3.15. The lowest BCUT2D eigenvalue weighted by atomic mass is 10.2. The largest absolute Gasteiger partial charge is 0.490 e. The first kappa shape index (κ1) is 23.6. The summed E-state index contributed by atoms with van der Waals surface area (Å²) in [6.45, 7) is 1.89. The van der Waals surface area contributed by atoms with E-state index in [0.717, 1.165) is 16.8 Å². The smallest absolute Gasteiger partial charge is 0.285 e. The zero-order chi connectivity index (χ0) is 23.3. The second-order valence-corrected chi connectivity index (χ2v) is 8.47. The minimum atomic E-state index is -0.610. The minimum absolute atomic E-state index is 0.190. The third-order valence-corrected chi connectivity index (χ3v) is 5.60. The molecule has 1 aliphatic heterocycles. The molecule has 0 radical (unpaired) electrons. The van der Waals surface area contributed by atoms with Crippen molar-refractivity contribution in [3.63, 3.8) is 0 Å². The molecule has 1 fully saturated rings. The van der Waals surface area contributed by atoms with E-state index in [2.05, 4.69) is 5.43 Å². The summed E-state index contributed by atoms with van der Waals surface area (Å²) in [5, 5.41) is 1.52. The third kappa shape index (κ3) is 5.78. The summed E-state index contributed by atoms with van der Waals surface area (Å²) in [7, 11) is 0. The Hall–Kier alpha value is -3.08. The maximum absolute atomic E-state index is 12.8. The van der Waals surface area contributed by atoms with Gasteiger partial charge in [-0.1, -0.05) is 29.4 Å². The number of hydrogen-bond acceptors (Lipinski definition) is 7. The number of benzene rings is 2. The van der Waals surface area contributed by atoms with Gasteiger partial charge in [-0.15, -0.1) is 0 Å². The Morgan fingerprint density at radius 3 is 2.56 bits per heavy atom. The fraction of sp³-hybridized carbons (Fsp3) is 0.143. The van der Waals surface area contributed by atoms with Crippen molar-refractivity contribution >= 4 is 63.7 Å². The van der Waals surface area contributed by atoms with E-state index >= 15 is 0 Å². The summed E-state index contributed by atoms with van der Waals surface area (Å²) in [5.74, 6) is -0.816. The van der Waals surface area contributed by atoms with Gasteiger partial charge in [0.15, 0.2) is 22.4 Å². The van der Waals surface area contributed by atoms with Crippen LogP contribution in [0.5, 0.6) is 11.5 Å². The van der Waals surface area contributed by atoms with E-state index in [1.807, 2.05) is 0 Å². The van der Waals surface area contributed by atoms with Crippen molar-refractivity contribution in [3.05, 3.63) is 63.5 Å². The molecule has 2 aromatic rings. The lowest BCUT2D eigenvalue weighted by Crippen LogP contribution is -2.44. The molecular formula is C21H18ClN3O5S2. The molecule has 0 atom stereocenters. The molecule has 1 aliphatic rings. The fourth-order valence-electron chi connectivity index (χ4n) is 2.63. The second kappa shape index (κ2) is 10.5. The number of nitrogens with zero attached hydrogens (tertiary/aromatic N) is 1. The van der Waals surface area contributed by atoms with E-state index in [0.29, 0.717) is 39.2 Å². The summed E-state index contributed by atoms with van der Waals surface area (Å²) >= 11 is 12.1. The number of primary amides is 1. The van der Waals surface area contributed by atoms with Crippen molar-refractivity contribution in [2.75, 3.05) is 13.2 Å². The molecule has 11 heteroatoms. The number of ether oxygens (including phenoxy) is 2. The lowest BCUT2D eigenvalue weighted by Gasteiger charge is -2.15. The molecule has 2 aromatic carbocycles. The zero-order valence-corrected chi connectivity index (χ0v) is 19.2. The van der Waals surface area contributed by atoms with Gasteiger partial charge in [0.05, 0.1) is 11.5 Å². The number of carbonyl (C=O) groups excluding carboxylic acids is 3. The van der Waals surface area contributed by atoms with E-state index in [1.165, 1.54) is 0 Å². The molecule has 166 valence electrons. The Balaban J connectivity index is 1.77. The number of carbonyl (C=O) groups is 3. The van der Waals surface area contributed by atoms with Crippen LogP contribution in [0.25, 0.3) is 6.08 Å². The maximum Gasteiger partial charge on any atom is 0.285 e. The quantitative estimate of drug-likeness (QED) is 0.431. The molecule has 0 aliphatic carbocycles. The van der Waals surface area contributed by atoms with Crippen LogP contribution in [-0.2, 0) is 9.59 Å². The van der Waals surface area contributed by atoms with Crippen molar-refractivity contribution in [2.24, 2.45) is 5.73 Å². The molecule has 1 heterocycles. The van der Waals surface area contributed by atoms with Gasteiger partial charge in [0.2, 0.25) is 0 Å². The van der Waals surface area contributed by atoms with Crippen LogP contribution in [0.15, 0.2) is 47.4 Å². The highest BCUT2D eigenvalue weighted by Crippen LogP contribution is 2.34. The van der Waals surface area contributed by atoms with E-state index in [-0.39, 0.29) is 10.9 Å². The number of rotatable bonds is 8. The highest BCUT2D eigenvalue weighted by Gasteiger charge is 2.33. The predicted molar refractivity (Wildman–Crippen MR) is 126 cm³/mol. The normalized spacial score (nSPS) is 14.6. The summed E-state index contributed by atoms with van der Waals surface area (Å²) in [6, 6.07) is 11.2. The molecule has 0 bridgehead atoms. The maximum atomic E-state index is 12.8. The van der Waals surface area contributed by atoms with Gasteiger partial charge < -0.3 is 15.2 Å². The Morgan fingerprint density at radius 2 is 1.91 bits per heavy atom. The van der Waals surface area contributed by atoms with Gasteiger partial charge in [-0.25, -0.2) is 0 Å². The Labute approximate surface area is 198 Å². The Bertz CT molecular complexity index is 1110. The van der Waals surface area contributed by atoms with Gasteiger partial charge in [-0.2, -0.15) is 5.01 Å². The van der Waals surface area contributed by atoms with Gasteiger partial charge in [0.25, 0.3) is 17.7 Å². The number of nitrogens with one attached hydrogen (secondary N) is 1. The average molecular weight is 492 g/mol. The molecule has 32 heavy (non-hydrogen) atoms. The number of thioether (sulfide) groups is 1. The highest BCUT2D eigenvalue weighted by molar-refractivity contribution is 8.26. The number of amides is 3. The summed E-state index contributed by atoms with van der Waals surface area (Å²) < 4.78 is 11.1. The Morgan fingerprint density at radius 1 is 1.19 bits per heavy atom. The van der Waals surface area contributed by atoms with Crippen LogP contribution in [0.2, 0.25) is 5.02 Å². The molecule has 0 unspecified atom stereocenters. The van der Waals surface area contributed by atoms with Crippen LogP contribution >= 0.6 is 35.6 Å². The standard InChI is InChI=1S/C21H18ClN3O5S2/c1-2-29-16-9-12(3-8-15(16)30-11-18(23)26)10-17-20(28)25(21(31)32-17)24-19(27)13-4-6-14(22)7-5-13/h3-10H,2,11H2,1H3,(H2,23,26)(H,24,27)/b17-10-. The van der Waals surface area contributed by atoms with Crippen LogP contribution < -0.4 is 20.6 Å². The van der Waals surface area contributed by atoms with Crippen LogP contribution in [0.3, 0.4) is 0 Å². The summed E-state index contributed by atoms with van der Waals surface area (Å²) in [4.78, 5) is 36.5. The topological polar surface area (TPSA) is 111 Å². The minimum Gasteiger partial charge on any atom is -0.490 e. The van der Waals surface area contributed by atoms with Crippen molar-refractivity contribution in [1.29, 1.82) is 0 Å². The first-order valence-electron chi connectivity index (χ1n) is 9.31. The van der Waals surface area contributed by atoms with Crippen LogP contribution in [0.1, 0.15) is 22.8 Å². The van der Waals surface area contributed by atoms with Gasteiger partial charge in [-0.05, 0) is 67.2 Å². The van der Waals surface area contributed by atoms with Gasteiger partial charge in [0.1, 0.15) is 0 Å². The van der Waals surface area contributed by atoms with Crippen LogP contribution in [0.4, 0.5) is 0 Å².